The number of nitrogens with two attached hydrogens (primary N) is 1. The van der Waals surface area contributed by atoms with E-state index in [1.807, 2.05) is 0 Å². The zero-order chi connectivity index (χ0) is 13.3. The highest BCUT2D eigenvalue weighted by Gasteiger charge is 2.15. The first-order valence-electron chi connectivity index (χ1n) is 5.45. The Morgan fingerprint density at radius 1 is 0.944 bits per heavy atom. The molecule has 1 atom stereocenters. The van der Waals surface area contributed by atoms with E-state index in [-0.39, 0.29) is 11.4 Å². The van der Waals surface area contributed by atoms with E-state index in [1.54, 1.807) is 0 Å². The highest BCUT2D eigenvalue weighted by molar-refractivity contribution is 5.35. The fraction of sp³-hybridized carbons (Fsp3) is 0.143. The van der Waals surface area contributed by atoms with Crippen molar-refractivity contribution in [2.75, 3.05) is 0 Å². The van der Waals surface area contributed by atoms with Crippen molar-refractivity contribution in [3.63, 3.8) is 0 Å². The largest absolute Gasteiger partial charge is 0.320 e. The van der Waals surface area contributed by atoms with Crippen molar-refractivity contribution in [1.82, 2.24) is 0 Å². The van der Waals surface area contributed by atoms with Crippen LogP contribution in [0.25, 0.3) is 0 Å². The van der Waals surface area contributed by atoms with Gasteiger partial charge in [-0.05, 0) is 36.2 Å². The van der Waals surface area contributed by atoms with Gasteiger partial charge in [0.25, 0.3) is 0 Å². The third-order valence-corrected chi connectivity index (χ3v) is 2.84. The standard InChI is InChI=1S/C14H12F3N/c1-8-6-11(13(17)7-12(8)16)14(18)9-2-4-10(15)5-3-9/h2-7,14H,18H2,1H3. The molecule has 2 N–H and O–H groups in total. The Hall–Kier alpha value is -1.81. The fourth-order valence-corrected chi connectivity index (χ4v) is 1.77. The second kappa shape index (κ2) is 4.82. The number of aryl methyl sites for hydroxylation is 1. The lowest BCUT2D eigenvalue weighted by molar-refractivity contribution is 0.560. The third kappa shape index (κ3) is 2.38. The summed E-state index contributed by atoms with van der Waals surface area (Å²) < 4.78 is 39.6. The van der Waals surface area contributed by atoms with Crippen molar-refractivity contribution in [3.05, 3.63) is 70.5 Å². The van der Waals surface area contributed by atoms with Gasteiger partial charge in [-0.15, -0.1) is 0 Å². The van der Waals surface area contributed by atoms with Gasteiger partial charge in [0.05, 0.1) is 6.04 Å². The van der Waals surface area contributed by atoms with Gasteiger partial charge in [0, 0.05) is 11.6 Å². The van der Waals surface area contributed by atoms with Gasteiger partial charge < -0.3 is 5.73 Å². The van der Waals surface area contributed by atoms with Crippen LogP contribution in [0.3, 0.4) is 0 Å². The molecule has 1 nitrogen and oxygen atoms in total. The number of rotatable bonds is 2. The maximum Gasteiger partial charge on any atom is 0.131 e. The van der Waals surface area contributed by atoms with E-state index in [2.05, 4.69) is 0 Å². The molecule has 0 aromatic heterocycles. The number of halogens is 3. The van der Waals surface area contributed by atoms with Crippen molar-refractivity contribution in [1.29, 1.82) is 0 Å². The Balaban J connectivity index is 2.42. The molecule has 0 aliphatic heterocycles. The predicted octanol–water partition coefficient (Wildman–Crippen LogP) is 3.46. The molecule has 18 heavy (non-hydrogen) atoms. The number of hydrogen-bond donors (Lipinski definition) is 1. The zero-order valence-electron chi connectivity index (χ0n) is 9.75. The van der Waals surface area contributed by atoms with E-state index in [4.69, 9.17) is 5.73 Å². The van der Waals surface area contributed by atoms with Gasteiger partial charge >= 0.3 is 0 Å². The summed E-state index contributed by atoms with van der Waals surface area (Å²) >= 11 is 0. The van der Waals surface area contributed by atoms with Gasteiger partial charge in [-0.1, -0.05) is 12.1 Å². The minimum absolute atomic E-state index is 0.195. The fourth-order valence-electron chi connectivity index (χ4n) is 1.77. The van der Waals surface area contributed by atoms with E-state index < -0.39 is 17.7 Å². The van der Waals surface area contributed by atoms with Crippen LogP contribution in [0.1, 0.15) is 22.7 Å². The molecular weight excluding hydrogens is 239 g/mol. The quantitative estimate of drug-likeness (QED) is 0.869. The smallest absolute Gasteiger partial charge is 0.131 e. The van der Waals surface area contributed by atoms with Crippen LogP contribution < -0.4 is 5.73 Å². The molecule has 0 saturated carbocycles. The molecular formula is C14H12F3N. The number of benzene rings is 2. The molecule has 0 fully saturated rings. The van der Waals surface area contributed by atoms with Gasteiger partial charge in [-0.2, -0.15) is 0 Å². The molecule has 1 unspecified atom stereocenters. The lowest BCUT2D eigenvalue weighted by Crippen LogP contribution is -2.14. The molecule has 0 aliphatic carbocycles. The van der Waals surface area contributed by atoms with Crippen LogP contribution >= 0.6 is 0 Å². The molecule has 0 amide bonds. The third-order valence-electron chi connectivity index (χ3n) is 2.84. The Morgan fingerprint density at radius 2 is 1.56 bits per heavy atom. The lowest BCUT2D eigenvalue weighted by Gasteiger charge is -2.14. The Morgan fingerprint density at radius 3 is 2.17 bits per heavy atom. The number of hydrogen-bond acceptors (Lipinski definition) is 1. The van der Waals surface area contributed by atoms with E-state index in [0.29, 0.717) is 11.1 Å². The molecule has 0 radical (unpaired) electrons. The summed E-state index contributed by atoms with van der Waals surface area (Å²) in [4.78, 5) is 0. The Labute approximate surface area is 103 Å². The van der Waals surface area contributed by atoms with Gasteiger partial charge in [0.15, 0.2) is 0 Å². The molecule has 0 spiro atoms. The zero-order valence-corrected chi connectivity index (χ0v) is 9.75. The Bertz CT molecular complexity index is 564. The summed E-state index contributed by atoms with van der Waals surface area (Å²) in [6.07, 6.45) is 0. The summed E-state index contributed by atoms with van der Waals surface area (Å²) in [7, 11) is 0. The SMILES string of the molecule is Cc1cc(C(N)c2ccc(F)cc2)c(F)cc1F. The second-order valence-electron chi connectivity index (χ2n) is 4.15. The summed E-state index contributed by atoms with van der Waals surface area (Å²) in [5.74, 6) is -1.70. The highest BCUT2D eigenvalue weighted by Crippen LogP contribution is 2.24. The van der Waals surface area contributed by atoms with Crippen LogP contribution in [-0.2, 0) is 0 Å². The molecule has 94 valence electrons. The van der Waals surface area contributed by atoms with Crippen molar-refractivity contribution < 1.29 is 13.2 Å². The minimum Gasteiger partial charge on any atom is -0.320 e. The first-order valence-corrected chi connectivity index (χ1v) is 5.45. The van der Waals surface area contributed by atoms with E-state index in [1.165, 1.54) is 37.3 Å². The van der Waals surface area contributed by atoms with Crippen LogP contribution in [0.15, 0.2) is 36.4 Å². The lowest BCUT2D eigenvalue weighted by atomic mass is 9.97. The van der Waals surface area contributed by atoms with Crippen molar-refractivity contribution in [2.24, 2.45) is 5.73 Å². The van der Waals surface area contributed by atoms with Crippen LogP contribution in [0.2, 0.25) is 0 Å². The first kappa shape index (κ1) is 12.6. The summed E-state index contributed by atoms with van der Waals surface area (Å²) in [5.41, 5.74) is 6.99. The summed E-state index contributed by atoms with van der Waals surface area (Å²) in [5, 5.41) is 0. The first-order chi connectivity index (χ1) is 8.49. The van der Waals surface area contributed by atoms with E-state index in [9.17, 15) is 13.2 Å². The predicted molar refractivity (Wildman–Crippen MR) is 63.5 cm³/mol. The molecule has 0 heterocycles. The summed E-state index contributed by atoms with van der Waals surface area (Å²) in [6.45, 7) is 1.54. The second-order valence-corrected chi connectivity index (χ2v) is 4.15. The Kier molecular flexibility index (Phi) is 3.39. The van der Waals surface area contributed by atoms with Crippen LogP contribution in [0, 0.1) is 24.4 Å². The molecule has 2 aromatic rings. The normalized spacial score (nSPS) is 12.5. The molecule has 0 bridgehead atoms. The van der Waals surface area contributed by atoms with Gasteiger partial charge in [-0.3, -0.25) is 0 Å². The molecule has 0 aliphatic rings. The average molecular weight is 251 g/mol. The van der Waals surface area contributed by atoms with Gasteiger partial charge in [-0.25, -0.2) is 13.2 Å². The van der Waals surface area contributed by atoms with Gasteiger partial charge in [0.2, 0.25) is 0 Å². The van der Waals surface area contributed by atoms with Gasteiger partial charge in [0.1, 0.15) is 17.5 Å². The van der Waals surface area contributed by atoms with Crippen molar-refractivity contribution >= 4 is 0 Å². The average Bonchev–Trinajstić information content (AvgIpc) is 2.34. The van der Waals surface area contributed by atoms with E-state index >= 15 is 0 Å². The molecule has 4 heteroatoms. The van der Waals surface area contributed by atoms with Crippen LogP contribution in [0.4, 0.5) is 13.2 Å². The molecule has 0 saturated heterocycles. The monoisotopic (exact) mass is 251 g/mol. The summed E-state index contributed by atoms with van der Waals surface area (Å²) in [6, 6.07) is 6.92. The topological polar surface area (TPSA) is 26.0 Å². The minimum atomic E-state index is -0.745. The molecule has 2 aromatic carbocycles. The maximum absolute atomic E-state index is 13.7. The van der Waals surface area contributed by atoms with E-state index in [0.717, 1.165) is 6.07 Å². The highest BCUT2D eigenvalue weighted by atomic mass is 19.1. The van der Waals surface area contributed by atoms with Crippen LogP contribution in [-0.4, -0.2) is 0 Å². The van der Waals surface area contributed by atoms with Crippen LogP contribution in [0.5, 0.6) is 0 Å². The van der Waals surface area contributed by atoms with Crippen molar-refractivity contribution in [3.8, 4) is 0 Å². The van der Waals surface area contributed by atoms with Crippen molar-refractivity contribution in [2.45, 2.75) is 13.0 Å². The molecule has 2 rings (SSSR count). The maximum atomic E-state index is 13.7.